The van der Waals surface area contributed by atoms with Gasteiger partial charge in [-0.2, -0.15) is 15.0 Å². The molecule has 0 radical (unpaired) electrons. The van der Waals surface area contributed by atoms with Crippen LogP contribution in [0, 0.1) is 0 Å². The van der Waals surface area contributed by atoms with Crippen molar-refractivity contribution >= 4 is 53.2 Å². The highest BCUT2D eigenvalue weighted by molar-refractivity contribution is 6.30. The molecule has 0 aliphatic carbocycles. The van der Waals surface area contributed by atoms with Crippen LogP contribution >= 0.6 is 24.0 Å². The molecular formula is C18H20Cl2N6. The zero-order chi connectivity index (χ0) is 17.6. The average Bonchev–Trinajstić information content (AvgIpc) is 2.57. The van der Waals surface area contributed by atoms with E-state index in [9.17, 15) is 0 Å². The van der Waals surface area contributed by atoms with Gasteiger partial charge in [0, 0.05) is 22.4 Å². The summed E-state index contributed by atoms with van der Waals surface area (Å²) in [5.74, 6) is 1.40. The van der Waals surface area contributed by atoms with Crippen LogP contribution in [0.1, 0.15) is 13.8 Å². The third kappa shape index (κ3) is 5.75. The monoisotopic (exact) mass is 390 g/mol. The molecule has 0 saturated heterocycles. The minimum absolute atomic E-state index is 0. The summed E-state index contributed by atoms with van der Waals surface area (Å²) in [7, 11) is 0. The first-order valence-electron chi connectivity index (χ1n) is 7.96. The maximum absolute atomic E-state index is 5.92. The Bertz CT molecular complexity index is 825. The molecule has 3 aromatic rings. The van der Waals surface area contributed by atoms with Crippen molar-refractivity contribution in [2.75, 3.05) is 16.0 Å². The van der Waals surface area contributed by atoms with Crippen molar-refractivity contribution < 1.29 is 0 Å². The molecule has 1 heterocycles. The summed E-state index contributed by atoms with van der Waals surface area (Å²) in [6.45, 7) is 4.06. The van der Waals surface area contributed by atoms with Crippen LogP contribution in [0.25, 0.3) is 0 Å². The summed E-state index contributed by atoms with van der Waals surface area (Å²) >= 11 is 5.92. The Hall–Kier alpha value is -2.57. The van der Waals surface area contributed by atoms with Gasteiger partial charge in [0.2, 0.25) is 17.8 Å². The highest BCUT2D eigenvalue weighted by atomic mass is 35.5. The van der Waals surface area contributed by atoms with Gasteiger partial charge in [0.15, 0.2) is 0 Å². The molecule has 2 aromatic carbocycles. The lowest BCUT2D eigenvalue weighted by molar-refractivity contribution is 0.869. The SMILES string of the molecule is CC(C)Nc1nc(Nc2ccccc2)nc(Nc2ccc(Cl)cc2)n1.Cl. The summed E-state index contributed by atoms with van der Waals surface area (Å²) < 4.78 is 0. The number of nitrogens with zero attached hydrogens (tertiary/aromatic N) is 3. The van der Waals surface area contributed by atoms with Gasteiger partial charge in [-0.05, 0) is 50.2 Å². The Labute approximate surface area is 163 Å². The standard InChI is InChI=1S/C18H19ClN6.ClH/c1-12(2)20-16-23-17(21-14-6-4-3-5-7-14)25-18(24-16)22-15-10-8-13(19)9-11-15;/h3-12H,1-2H3,(H3,20,21,22,23,24,25);1H. The van der Waals surface area contributed by atoms with Gasteiger partial charge in [0.1, 0.15) is 0 Å². The molecule has 0 amide bonds. The molecule has 6 nitrogen and oxygen atoms in total. The maximum Gasteiger partial charge on any atom is 0.233 e. The van der Waals surface area contributed by atoms with Crippen LogP contribution < -0.4 is 16.0 Å². The lowest BCUT2D eigenvalue weighted by Gasteiger charge is -2.13. The largest absolute Gasteiger partial charge is 0.352 e. The number of aromatic nitrogens is 3. The van der Waals surface area contributed by atoms with Gasteiger partial charge in [-0.15, -0.1) is 12.4 Å². The van der Waals surface area contributed by atoms with Crippen LogP contribution in [0.4, 0.5) is 29.2 Å². The van der Waals surface area contributed by atoms with E-state index < -0.39 is 0 Å². The minimum atomic E-state index is 0. The first kappa shape index (κ1) is 19.8. The summed E-state index contributed by atoms with van der Waals surface area (Å²) in [6, 6.07) is 17.3. The fourth-order valence-corrected chi connectivity index (χ4v) is 2.25. The molecule has 0 bridgehead atoms. The summed E-state index contributed by atoms with van der Waals surface area (Å²) in [5.41, 5.74) is 1.75. The topological polar surface area (TPSA) is 74.8 Å². The summed E-state index contributed by atoms with van der Waals surface area (Å²) in [6.07, 6.45) is 0. The molecule has 0 unspecified atom stereocenters. The van der Waals surface area contributed by atoms with Crippen LogP contribution in [0.2, 0.25) is 5.02 Å². The van der Waals surface area contributed by atoms with Crippen LogP contribution in [-0.2, 0) is 0 Å². The highest BCUT2D eigenvalue weighted by Gasteiger charge is 2.08. The maximum atomic E-state index is 5.92. The van der Waals surface area contributed by atoms with Gasteiger partial charge in [-0.25, -0.2) is 0 Å². The molecular weight excluding hydrogens is 371 g/mol. The van der Waals surface area contributed by atoms with Gasteiger partial charge in [-0.1, -0.05) is 29.8 Å². The molecule has 0 aliphatic rings. The fourth-order valence-electron chi connectivity index (χ4n) is 2.12. The fraction of sp³-hybridized carbons (Fsp3) is 0.167. The molecule has 0 spiro atoms. The minimum Gasteiger partial charge on any atom is -0.352 e. The third-order valence-corrected chi connectivity index (χ3v) is 3.44. The number of rotatable bonds is 6. The second-order valence-electron chi connectivity index (χ2n) is 5.73. The van der Waals surface area contributed by atoms with Gasteiger partial charge >= 0.3 is 0 Å². The highest BCUT2D eigenvalue weighted by Crippen LogP contribution is 2.20. The van der Waals surface area contributed by atoms with Crippen molar-refractivity contribution in [3.63, 3.8) is 0 Å². The molecule has 0 atom stereocenters. The van der Waals surface area contributed by atoms with Crippen molar-refractivity contribution in [3.05, 3.63) is 59.6 Å². The molecule has 26 heavy (non-hydrogen) atoms. The van der Waals surface area contributed by atoms with E-state index in [0.717, 1.165) is 11.4 Å². The molecule has 8 heteroatoms. The predicted octanol–water partition coefficient (Wildman–Crippen LogP) is 5.25. The zero-order valence-electron chi connectivity index (χ0n) is 14.4. The predicted molar refractivity (Wildman–Crippen MR) is 110 cm³/mol. The quantitative estimate of drug-likeness (QED) is 0.533. The van der Waals surface area contributed by atoms with Crippen molar-refractivity contribution in [2.24, 2.45) is 0 Å². The first-order valence-corrected chi connectivity index (χ1v) is 8.33. The smallest absolute Gasteiger partial charge is 0.233 e. The zero-order valence-corrected chi connectivity index (χ0v) is 16.0. The van der Waals surface area contributed by atoms with E-state index in [1.165, 1.54) is 0 Å². The number of halogens is 2. The molecule has 3 rings (SSSR count). The van der Waals surface area contributed by atoms with E-state index in [2.05, 4.69) is 30.9 Å². The van der Waals surface area contributed by atoms with Crippen molar-refractivity contribution in [3.8, 4) is 0 Å². The number of para-hydroxylation sites is 1. The molecule has 0 fully saturated rings. The van der Waals surface area contributed by atoms with E-state index >= 15 is 0 Å². The lowest BCUT2D eigenvalue weighted by atomic mass is 10.3. The average molecular weight is 391 g/mol. The van der Waals surface area contributed by atoms with Gasteiger partial charge < -0.3 is 16.0 Å². The third-order valence-electron chi connectivity index (χ3n) is 3.18. The van der Waals surface area contributed by atoms with E-state index in [1.807, 2.05) is 68.4 Å². The lowest BCUT2D eigenvalue weighted by Crippen LogP contribution is -2.15. The van der Waals surface area contributed by atoms with E-state index in [4.69, 9.17) is 11.6 Å². The second-order valence-corrected chi connectivity index (χ2v) is 6.16. The Balaban J connectivity index is 0.00000243. The number of anilines is 5. The molecule has 3 N–H and O–H groups in total. The van der Waals surface area contributed by atoms with Crippen LogP contribution in [-0.4, -0.2) is 21.0 Å². The number of hydrogen-bond donors (Lipinski definition) is 3. The molecule has 1 aromatic heterocycles. The number of hydrogen-bond acceptors (Lipinski definition) is 6. The van der Waals surface area contributed by atoms with Crippen molar-refractivity contribution in [1.82, 2.24) is 15.0 Å². The Kier molecular flexibility index (Phi) is 7.00. The van der Waals surface area contributed by atoms with Crippen LogP contribution in [0.3, 0.4) is 0 Å². The number of nitrogens with one attached hydrogen (secondary N) is 3. The number of benzene rings is 2. The van der Waals surface area contributed by atoms with E-state index in [-0.39, 0.29) is 18.4 Å². The molecule has 136 valence electrons. The second kappa shape index (κ2) is 9.22. The van der Waals surface area contributed by atoms with Crippen molar-refractivity contribution in [1.29, 1.82) is 0 Å². The van der Waals surface area contributed by atoms with Crippen LogP contribution in [0.15, 0.2) is 54.6 Å². The Morgan fingerprint density at radius 3 is 1.77 bits per heavy atom. The summed E-state index contributed by atoms with van der Waals surface area (Å²) in [4.78, 5) is 13.3. The molecule has 0 saturated carbocycles. The van der Waals surface area contributed by atoms with Crippen molar-refractivity contribution in [2.45, 2.75) is 19.9 Å². The van der Waals surface area contributed by atoms with Gasteiger partial charge in [-0.3, -0.25) is 0 Å². The first-order chi connectivity index (χ1) is 12.1. The normalized spacial score (nSPS) is 10.2. The Morgan fingerprint density at radius 1 is 0.731 bits per heavy atom. The van der Waals surface area contributed by atoms with Gasteiger partial charge in [0.25, 0.3) is 0 Å². The van der Waals surface area contributed by atoms with E-state index in [1.54, 1.807) is 0 Å². The molecule has 0 aliphatic heterocycles. The Morgan fingerprint density at radius 2 is 1.23 bits per heavy atom. The van der Waals surface area contributed by atoms with Crippen LogP contribution in [0.5, 0.6) is 0 Å². The summed E-state index contributed by atoms with van der Waals surface area (Å²) in [5, 5.41) is 10.2. The van der Waals surface area contributed by atoms with Gasteiger partial charge in [0.05, 0.1) is 0 Å². The van der Waals surface area contributed by atoms with E-state index in [0.29, 0.717) is 22.9 Å².